The molecule has 0 aliphatic heterocycles. The molecule has 0 saturated heterocycles. The summed E-state index contributed by atoms with van der Waals surface area (Å²) in [6.07, 6.45) is 0. The molecule has 0 atom stereocenters. The van der Waals surface area contributed by atoms with Gasteiger partial charge in [0.15, 0.2) is 63.9 Å². The van der Waals surface area contributed by atoms with Crippen molar-refractivity contribution in [1.82, 2.24) is 0 Å². The third-order valence-electron chi connectivity index (χ3n) is 6.27. The molecule has 0 aliphatic carbocycles. The van der Waals surface area contributed by atoms with E-state index in [0.717, 1.165) is 24.3 Å². The van der Waals surface area contributed by atoms with E-state index in [1.165, 1.54) is 0 Å². The number of benzene rings is 5. The van der Waals surface area contributed by atoms with E-state index in [2.05, 4.69) is 4.74 Å². The number of hydrogen-bond acceptors (Lipinski definition) is 1. The molecular formula is C27H8F12O. The Kier molecular flexibility index (Phi) is 6.35. The maximum atomic E-state index is 15.4. The van der Waals surface area contributed by atoms with Gasteiger partial charge in [-0.2, -0.15) is 8.78 Å². The smallest absolute Gasteiger partial charge is 0.204 e. The Morgan fingerprint density at radius 3 is 1.18 bits per heavy atom. The Morgan fingerprint density at radius 1 is 0.425 bits per heavy atom. The molecule has 206 valence electrons. The first-order chi connectivity index (χ1) is 18.8. The minimum atomic E-state index is -2.59. The second kappa shape index (κ2) is 9.35. The van der Waals surface area contributed by atoms with Crippen LogP contribution in [0, 0.1) is 69.8 Å². The van der Waals surface area contributed by atoms with Crippen molar-refractivity contribution in [3.63, 3.8) is 0 Å². The lowest BCUT2D eigenvalue weighted by Crippen LogP contribution is -2.08. The number of hydrogen-bond donors (Lipinski definition) is 0. The van der Waals surface area contributed by atoms with E-state index in [1.54, 1.807) is 0 Å². The second-order valence-electron chi connectivity index (χ2n) is 8.31. The van der Waals surface area contributed by atoms with E-state index < -0.39 is 119 Å². The molecule has 0 radical (unpaired) electrons. The fourth-order valence-electron chi connectivity index (χ4n) is 4.61. The van der Waals surface area contributed by atoms with Crippen molar-refractivity contribution in [1.29, 1.82) is 0 Å². The zero-order valence-corrected chi connectivity index (χ0v) is 19.3. The standard InChI is InChI=1S/C27H8F12O/c1-40-27-25(38)21(34)16(22(35)26(27)39)12-8-5-3-2-4-7(8)11(15-17(30)9(28)6-10(29)18(15)31)13-14(12)20(33)24(37)23(36)19(13)32/h2-6H,1H3. The van der Waals surface area contributed by atoms with Gasteiger partial charge in [0, 0.05) is 28.0 Å². The minimum absolute atomic E-state index is 0.224. The average molecular weight is 576 g/mol. The van der Waals surface area contributed by atoms with Crippen molar-refractivity contribution in [2.45, 2.75) is 0 Å². The maximum absolute atomic E-state index is 15.4. The molecule has 0 aromatic heterocycles. The number of fused-ring (bicyclic) bond motifs is 2. The second-order valence-corrected chi connectivity index (χ2v) is 8.31. The SMILES string of the molecule is COc1c(F)c(F)c(-c2c3ccccc3c(-c3c(F)c(F)cc(F)c3F)c3c(F)c(F)c(F)c(F)c23)c(F)c1F. The molecule has 5 aromatic carbocycles. The van der Waals surface area contributed by atoms with Gasteiger partial charge in [0.25, 0.3) is 0 Å². The Balaban J connectivity index is 2.20. The topological polar surface area (TPSA) is 9.23 Å². The molecule has 0 N–H and O–H groups in total. The summed E-state index contributed by atoms with van der Waals surface area (Å²) >= 11 is 0. The molecule has 0 fully saturated rings. The van der Waals surface area contributed by atoms with E-state index in [9.17, 15) is 35.1 Å². The molecule has 0 amide bonds. The Labute approximate surface area is 214 Å². The average Bonchev–Trinajstić information content (AvgIpc) is 2.93. The predicted molar refractivity (Wildman–Crippen MR) is 118 cm³/mol. The normalized spacial score (nSPS) is 11.6. The van der Waals surface area contributed by atoms with Crippen molar-refractivity contribution in [2.24, 2.45) is 0 Å². The lowest BCUT2D eigenvalue weighted by atomic mass is 9.84. The molecule has 5 rings (SSSR count). The van der Waals surface area contributed by atoms with Gasteiger partial charge in [-0.05, 0) is 10.8 Å². The summed E-state index contributed by atoms with van der Waals surface area (Å²) in [6, 6.07) is 3.55. The van der Waals surface area contributed by atoms with Crippen LogP contribution >= 0.6 is 0 Å². The van der Waals surface area contributed by atoms with E-state index in [0.29, 0.717) is 7.11 Å². The summed E-state index contributed by atoms with van der Waals surface area (Å²) in [7, 11) is 0.647. The van der Waals surface area contributed by atoms with Crippen LogP contribution in [-0.4, -0.2) is 7.11 Å². The molecule has 0 unspecified atom stereocenters. The number of ether oxygens (including phenoxy) is 1. The Bertz CT molecular complexity index is 1860. The molecule has 40 heavy (non-hydrogen) atoms. The molecule has 0 heterocycles. The number of methoxy groups -OCH3 is 1. The highest BCUT2D eigenvalue weighted by Gasteiger charge is 2.35. The van der Waals surface area contributed by atoms with Crippen LogP contribution in [0.15, 0.2) is 30.3 Å². The Morgan fingerprint density at radius 2 is 0.800 bits per heavy atom. The molecule has 5 aromatic rings. The molecule has 1 nitrogen and oxygen atoms in total. The lowest BCUT2D eigenvalue weighted by molar-refractivity contribution is 0.334. The first kappa shape index (κ1) is 27.2. The van der Waals surface area contributed by atoms with Crippen LogP contribution in [0.3, 0.4) is 0 Å². The lowest BCUT2D eigenvalue weighted by Gasteiger charge is -2.21. The van der Waals surface area contributed by atoms with Gasteiger partial charge in [0.05, 0.1) is 18.2 Å². The summed E-state index contributed by atoms with van der Waals surface area (Å²) in [5.41, 5.74) is -6.10. The van der Waals surface area contributed by atoms with Crippen LogP contribution in [0.2, 0.25) is 0 Å². The van der Waals surface area contributed by atoms with Gasteiger partial charge in [-0.1, -0.05) is 24.3 Å². The summed E-state index contributed by atoms with van der Waals surface area (Å²) in [6.45, 7) is 0. The van der Waals surface area contributed by atoms with E-state index in [4.69, 9.17) is 0 Å². The van der Waals surface area contributed by atoms with Gasteiger partial charge < -0.3 is 4.74 Å². The quantitative estimate of drug-likeness (QED) is 0.0902. The van der Waals surface area contributed by atoms with Gasteiger partial charge in [-0.15, -0.1) is 0 Å². The van der Waals surface area contributed by atoms with Crippen molar-refractivity contribution in [2.75, 3.05) is 7.11 Å². The fourth-order valence-corrected chi connectivity index (χ4v) is 4.61. The van der Waals surface area contributed by atoms with Crippen LogP contribution in [0.1, 0.15) is 0 Å². The third-order valence-corrected chi connectivity index (χ3v) is 6.27. The molecule has 0 spiro atoms. The van der Waals surface area contributed by atoms with Gasteiger partial charge in [-0.3, -0.25) is 0 Å². The summed E-state index contributed by atoms with van der Waals surface area (Å²) in [5.74, 6) is -28.8. The van der Waals surface area contributed by atoms with E-state index in [-0.39, 0.29) is 6.07 Å². The van der Waals surface area contributed by atoms with Gasteiger partial charge in [0.1, 0.15) is 0 Å². The monoisotopic (exact) mass is 576 g/mol. The van der Waals surface area contributed by atoms with Crippen molar-refractivity contribution in [3.8, 4) is 28.0 Å². The summed E-state index contributed by atoms with van der Waals surface area (Å²) < 4.78 is 182. The minimum Gasteiger partial charge on any atom is -0.491 e. The highest BCUT2D eigenvalue weighted by molar-refractivity contribution is 6.22. The van der Waals surface area contributed by atoms with Crippen LogP contribution in [-0.2, 0) is 0 Å². The molecular weight excluding hydrogens is 568 g/mol. The van der Waals surface area contributed by atoms with E-state index >= 15 is 17.6 Å². The highest BCUT2D eigenvalue weighted by atomic mass is 19.2. The zero-order valence-electron chi connectivity index (χ0n) is 19.3. The number of rotatable bonds is 3. The highest BCUT2D eigenvalue weighted by Crippen LogP contribution is 2.50. The molecule has 0 saturated carbocycles. The van der Waals surface area contributed by atoms with Gasteiger partial charge in [0.2, 0.25) is 11.6 Å². The first-order valence-corrected chi connectivity index (χ1v) is 10.8. The van der Waals surface area contributed by atoms with Crippen LogP contribution in [0.4, 0.5) is 52.7 Å². The summed E-state index contributed by atoms with van der Waals surface area (Å²) in [5, 5.41) is -4.83. The van der Waals surface area contributed by atoms with Crippen molar-refractivity contribution >= 4 is 21.5 Å². The first-order valence-electron chi connectivity index (χ1n) is 10.8. The largest absolute Gasteiger partial charge is 0.491 e. The molecule has 0 bridgehead atoms. The van der Waals surface area contributed by atoms with Crippen LogP contribution in [0.5, 0.6) is 5.75 Å². The van der Waals surface area contributed by atoms with Crippen molar-refractivity contribution in [3.05, 3.63) is 100 Å². The predicted octanol–water partition coefficient (Wildman–Crippen LogP) is 9.00. The van der Waals surface area contributed by atoms with Gasteiger partial charge >= 0.3 is 0 Å². The third kappa shape index (κ3) is 3.52. The van der Waals surface area contributed by atoms with Crippen LogP contribution < -0.4 is 4.74 Å². The Hall–Kier alpha value is -4.42. The summed E-state index contributed by atoms with van der Waals surface area (Å²) in [4.78, 5) is 0. The van der Waals surface area contributed by atoms with Crippen LogP contribution in [0.25, 0.3) is 43.8 Å². The van der Waals surface area contributed by atoms with Crippen molar-refractivity contribution < 1.29 is 57.4 Å². The number of halogens is 12. The zero-order chi connectivity index (χ0) is 29.4. The van der Waals surface area contributed by atoms with E-state index in [1.807, 2.05) is 0 Å². The molecule has 13 heteroatoms. The maximum Gasteiger partial charge on any atom is 0.204 e. The molecule has 0 aliphatic rings. The van der Waals surface area contributed by atoms with Gasteiger partial charge in [-0.25, -0.2) is 43.9 Å². The fraction of sp³-hybridized carbons (Fsp3) is 0.0370.